The van der Waals surface area contributed by atoms with Gasteiger partial charge in [-0.1, -0.05) is 0 Å². The predicted molar refractivity (Wildman–Crippen MR) is 55.6 cm³/mol. The predicted octanol–water partition coefficient (Wildman–Crippen LogP) is 0.444. The summed E-state index contributed by atoms with van der Waals surface area (Å²) in [5, 5.41) is 0. The largest absolute Gasteiger partial charge is 0.398 e. The number of thiol groups is 1. The quantitative estimate of drug-likeness (QED) is 0.273. The molecule has 0 bridgehead atoms. The van der Waals surface area contributed by atoms with Crippen LogP contribution in [0, 0.1) is 0 Å². The Morgan fingerprint density at radius 3 is 2.67 bits per heavy atom. The molecule has 0 aliphatic carbocycles. The van der Waals surface area contributed by atoms with Gasteiger partial charge in [-0.05, 0) is 18.2 Å². The van der Waals surface area contributed by atoms with Crippen molar-refractivity contribution in [1.29, 1.82) is 0 Å². The summed E-state index contributed by atoms with van der Waals surface area (Å²) >= 11 is 4.12. The van der Waals surface area contributed by atoms with E-state index in [0.717, 1.165) is 18.2 Å². The van der Waals surface area contributed by atoms with Crippen LogP contribution in [0.2, 0.25) is 6.04 Å². The lowest BCUT2D eigenvalue weighted by Crippen LogP contribution is -2.23. The van der Waals surface area contributed by atoms with Crippen LogP contribution in [0.3, 0.4) is 0 Å². The molecule has 0 aliphatic heterocycles. The molecule has 0 aromatic heterocycles. The lowest BCUT2D eigenvalue weighted by atomic mass is 10.6. The lowest BCUT2D eigenvalue weighted by molar-refractivity contribution is -0.0928. The van der Waals surface area contributed by atoms with E-state index in [-0.39, 0.29) is 6.29 Å². The Labute approximate surface area is 82.1 Å². The van der Waals surface area contributed by atoms with Gasteiger partial charge >= 0.3 is 0 Å². The average molecular weight is 210 g/mol. The van der Waals surface area contributed by atoms with Crippen molar-refractivity contribution in [1.82, 2.24) is 0 Å². The summed E-state index contributed by atoms with van der Waals surface area (Å²) in [6.45, 7) is 0.518. The summed E-state index contributed by atoms with van der Waals surface area (Å²) in [5.74, 6) is 0.943. The maximum absolute atomic E-state index is 5.49. The minimum absolute atomic E-state index is 0.165. The lowest BCUT2D eigenvalue weighted by Gasteiger charge is -2.14. The van der Waals surface area contributed by atoms with E-state index < -0.39 is 9.76 Å². The van der Waals surface area contributed by atoms with Crippen LogP contribution in [0.5, 0.6) is 0 Å². The van der Waals surface area contributed by atoms with Gasteiger partial charge in [0.1, 0.15) is 0 Å². The summed E-state index contributed by atoms with van der Waals surface area (Å²) in [6, 6.07) is 1.16. The van der Waals surface area contributed by atoms with Gasteiger partial charge < -0.3 is 13.9 Å². The van der Waals surface area contributed by atoms with Gasteiger partial charge in [-0.25, -0.2) is 0 Å². The van der Waals surface area contributed by atoms with E-state index in [1.54, 1.807) is 14.2 Å². The highest BCUT2D eigenvalue weighted by atomic mass is 32.1. The number of hydrogen-bond donors (Lipinski definition) is 1. The van der Waals surface area contributed by atoms with E-state index in [1.165, 1.54) is 0 Å². The molecular weight excluding hydrogens is 192 g/mol. The molecule has 0 N–H and O–H groups in total. The summed E-state index contributed by atoms with van der Waals surface area (Å²) in [4.78, 5) is 0. The highest BCUT2D eigenvalue weighted by Crippen LogP contribution is 1.97. The van der Waals surface area contributed by atoms with E-state index >= 15 is 0 Å². The fourth-order valence-electron chi connectivity index (χ4n) is 0.749. The minimum atomic E-state index is -0.432. The Balaban J connectivity index is 3.19. The first kappa shape index (κ1) is 12.4. The van der Waals surface area contributed by atoms with E-state index in [1.807, 2.05) is 0 Å². The highest BCUT2D eigenvalue weighted by Gasteiger charge is 2.04. The van der Waals surface area contributed by atoms with Crippen molar-refractivity contribution in [3.8, 4) is 0 Å². The van der Waals surface area contributed by atoms with Crippen molar-refractivity contribution in [2.24, 2.45) is 0 Å². The van der Waals surface area contributed by atoms with Crippen LogP contribution in [0.4, 0.5) is 0 Å². The van der Waals surface area contributed by atoms with E-state index in [0.29, 0.717) is 6.61 Å². The molecule has 0 heterocycles. The van der Waals surface area contributed by atoms with Gasteiger partial charge in [0.25, 0.3) is 0 Å². The molecule has 0 spiro atoms. The van der Waals surface area contributed by atoms with Crippen molar-refractivity contribution < 1.29 is 13.9 Å². The number of hydrogen-bond acceptors (Lipinski definition) is 4. The molecule has 1 atom stereocenters. The maximum Gasteiger partial charge on any atom is 0.170 e. The SMILES string of the molecule is COCC(OC)O[SiH2]CCCS. The summed E-state index contributed by atoms with van der Waals surface area (Å²) < 4.78 is 15.4. The third kappa shape index (κ3) is 7.12. The molecule has 0 amide bonds. The Morgan fingerprint density at radius 2 is 2.17 bits per heavy atom. The monoisotopic (exact) mass is 210 g/mol. The van der Waals surface area contributed by atoms with Crippen molar-refractivity contribution >= 4 is 22.4 Å². The van der Waals surface area contributed by atoms with Crippen LogP contribution >= 0.6 is 12.6 Å². The van der Waals surface area contributed by atoms with Crippen molar-refractivity contribution in [2.45, 2.75) is 18.8 Å². The number of rotatable bonds is 8. The summed E-state index contributed by atoms with van der Waals surface area (Å²) in [6.07, 6.45) is 0.972. The third-order valence-corrected chi connectivity index (χ3v) is 3.13. The highest BCUT2D eigenvalue weighted by molar-refractivity contribution is 7.80. The van der Waals surface area contributed by atoms with Crippen LogP contribution in [-0.4, -0.2) is 42.6 Å². The molecular formula is C7H18O3SSi. The topological polar surface area (TPSA) is 27.7 Å². The van der Waals surface area contributed by atoms with Gasteiger partial charge in [0.2, 0.25) is 0 Å². The van der Waals surface area contributed by atoms with Crippen LogP contribution < -0.4 is 0 Å². The zero-order chi connectivity index (χ0) is 9.23. The summed E-state index contributed by atoms with van der Waals surface area (Å²) in [7, 11) is 2.85. The van der Waals surface area contributed by atoms with E-state index in [4.69, 9.17) is 13.9 Å². The third-order valence-electron chi connectivity index (χ3n) is 1.42. The zero-order valence-electron chi connectivity index (χ0n) is 7.78. The molecule has 3 nitrogen and oxygen atoms in total. The van der Waals surface area contributed by atoms with Crippen LogP contribution in [-0.2, 0) is 13.9 Å². The second kappa shape index (κ2) is 9.53. The Hall–Kier alpha value is 0.447. The van der Waals surface area contributed by atoms with Gasteiger partial charge in [-0.3, -0.25) is 0 Å². The second-order valence-corrected chi connectivity index (χ2v) is 4.32. The van der Waals surface area contributed by atoms with Gasteiger partial charge in [-0.15, -0.1) is 0 Å². The first-order valence-corrected chi connectivity index (χ1v) is 6.30. The normalized spacial score (nSPS) is 14.2. The van der Waals surface area contributed by atoms with E-state index in [2.05, 4.69) is 12.6 Å². The van der Waals surface area contributed by atoms with Crippen molar-refractivity contribution in [3.63, 3.8) is 0 Å². The molecule has 12 heavy (non-hydrogen) atoms. The number of ether oxygens (including phenoxy) is 2. The Bertz CT molecular complexity index is 94.7. The molecule has 0 fully saturated rings. The first-order valence-electron chi connectivity index (χ1n) is 4.09. The van der Waals surface area contributed by atoms with Gasteiger partial charge in [-0.2, -0.15) is 12.6 Å². The number of methoxy groups -OCH3 is 2. The molecule has 0 saturated carbocycles. The fraction of sp³-hybridized carbons (Fsp3) is 1.00. The molecule has 0 radical (unpaired) electrons. The smallest absolute Gasteiger partial charge is 0.170 e. The second-order valence-electron chi connectivity index (χ2n) is 2.42. The van der Waals surface area contributed by atoms with Gasteiger partial charge in [0, 0.05) is 14.2 Å². The Morgan fingerprint density at radius 1 is 1.42 bits per heavy atom. The van der Waals surface area contributed by atoms with Gasteiger partial charge in [0.15, 0.2) is 16.1 Å². The summed E-state index contributed by atoms with van der Waals surface area (Å²) in [5.41, 5.74) is 0. The first-order chi connectivity index (χ1) is 5.85. The fourth-order valence-corrected chi connectivity index (χ4v) is 2.51. The molecule has 5 heteroatoms. The molecule has 1 unspecified atom stereocenters. The molecule has 0 rings (SSSR count). The standard InChI is InChI=1S/C7H18O3SSi/c1-8-6-7(9-2)10-12-5-3-4-11/h7,11H,3-6,12H2,1-2H3. The Kier molecular flexibility index (Phi) is 9.89. The maximum atomic E-state index is 5.49. The zero-order valence-corrected chi connectivity index (χ0v) is 10.1. The van der Waals surface area contributed by atoms with Crippen molar-refractivity contribution in [2.75, 3.05) is 26.6 Å². The molecule has 0 aliphatic rings. The molecule has 0 aromatic carbocycles. The van der Waals surface area contributed by atoms with Crippen molar-refractivity contribution in [3.05, 3.63) is 0 Å². The molecule has 0 aromatic rings. The molecule has 74 valence electrons. The minimum Gasteiger partial charge on any atom is -0.398 e. The van der Waals surface area contributed by atoms with Crippen LogP contribution in [0.25, 0.3) is 0 Å². The van der Waals surface area contributed by atoms with Crippen LogP contribution in [0.15, 0.2) is 0 Å². The van der Waals surface area contributed by atoms with E-state index in [9.17, 15) is 0 Å². The van der Waals surface area contributed by atoms with Crippen LogP contribution in [0.1, 0.15) is 6.42 Å². The average Bonchev–Trinajstić information content (AvgIpc) is 2.10. The molecule has 0 saturated heterocycles. The van der Waals surface area contributed by atoms with Gasteiger partial charge in [0.05, 0.1) is 6.61 Å².